The van der Waals surface area contributed by atoms with E-state index in [0.717, 1.165) is 30.8 Å². The molecule has 3 nitrogen and oxygen atoms in total. The highest BCUT2D eigenvalue weighted by Gasteiger charge is 2.01. The summed E-state index contributed by atoms with van der Waals surface area (Å²) in [5.41, 5.74) is 3.58. The molecule has 0 aliphatic heterocycles. The molecule has 17 heavy (non-hydrogen) atoms. The first-order valence-corrected chi connectivity index (χ1v) is 5.72. The minimum Gasteiger partial charge on any atom is -0.472 e. The summed E-state index contributed by atoms with van der Waals surface area (Å²) in [5, 5.41) is 3.41. The molecule has 0 aliphatic carbocycles. The van der Waals surface area contributed by atoms with E-state index in [1.165, 1.54) is 5.56 Å². The first kappa shape index (κ1) is 11.7. The van der Waals surface area contributed by atoms with Crippen LogP contribution in [0.15, 0.2) is 47.3 Å². The molecule has 0 saturated heterocycles. The Hall–Kier alpha value is -1.74. The molecule has 0 amide bonds. The highest BCUT2D eigenvalue weighted by atomic mass is 16.5. The van der Waals surface area contributed by atoms with E-state index in [0.29, 0.717) is 0 Å². The van der Waals surface area contributed by atoms with Gasteiger partial charge in [-0.2, -0.15) is 0 Å². The lowest BCUT2D eigenvalue weighted by Crippen LogP contribution is -2.03. The van der Waals surface area contributed by atoms with E-state index in [-0.39, 0.29) is 0 Å². The number of rotatable bonds is 6. The fourth-order valence-electron chi connectivity index (χ4n) is 1.71. The Morgan fingerprint density at radius 3 is 2.88 bits per heavy atom. The van der Waals surface area contributed by atoms with Gasteiger partial charge in [0.1, 0.15) is 0 Å². The third kappa shape index (κ3) is 3.36. The standard InChI is InChI=1S/C14H17NO2/c1-16-8-7-13-4-2-3-5-14(13)15-10-12-6-9-17-11-12/h2-6,9,11,15H,7-8,10H2,1H3. The summed E-state index contributed by atoms with van der Waals surface area (Å²) in [6, 6.07) is 10.3. The molecular weight excluding hydrogens is 214 g/mol. The van der Waals surface area contributed by atoms with Crippen LogP contribution in [0.5, 0.6) is 0 Å². The number of benzene rings is 1. The van der Waals surface area contributed by atoms with Crippen molar-refractivity contribution in [3.63, 3.8) is 0 Å². The highest BCUT2D eigenvalue weighted by Crippen LogP contribution is 2.16. The molecule has 1 heterocycles. The second kappa shape index (κ2) is 6.11. The molecule has 0 saturated carbocycles. The van der Waals surface area contributed by atoms with Gasteiger partial charge in [0.25, 0.3) is 0 Å². The van der Waals surface area contributed by atoms with E-state index in [1.54, 1.807) is 19.6 Å². The van der Waals surface area contributed by atoms with E-state index in [4.69, 9.17) is 9.15 Å². The molecule has 0 spiro atoms. The lowest BCUT2D eigenvalue weighted by atomic mass is 10.1. The SMILES string of the molecule is COCCc1ccccc1NCc1ccoc1. The summed E-state index contributed by atoms with van der Waals surface area (Å²) < 4.78 is 10.1. The Labute approximate surface area is 101 Å². The van der Waals surface area contributed by atoms with Gasteiger partial charge >= 0.3 is 0 Å². The van der Waals surface area contributed by atoms with Crippen LogP contribution in [0, 0.1) is 0 Å². The van der Waals surface area contributed by atoms with E-state index >= 15 is 0 Å². The van der Waals surface area contributed by atoms with Crippen molar-refractivity contribution in [3.05, 3.63) is 54.0 Å². The van der Waals surface area contributed by atoms with Crippen LogP contribution in [0.25, 0.3) is 0 Å². The van der Waals surface area contributed by atoms with Crippen molar-refractivity contribution in [1.82, 2.24) is 0 Å². The van der Waals surface area contributed by atoms with E-state index < -0.39 is 0 Å². The number of furan rings is 1. The first-order valence-electron chi connectivity index (χ1n) is 5.72. The van der Waals surface area contributed by atoms with Gasteiger partial charge in [0, 0.05) is 24.9 Å². The number of hydrogen-bond donors (Lipinski definition) is 1. The van der Waals surface area contributed by atoms with Crippen LogP contribution < -0.4 is 5.32 Å². The average Bonchev–Trinajstić information content (AvgIpc) is 2.88. The molecule has 2 rings (SSSR count). The molecule has 3 heteroatoms. The normalized spacial score (nSPS) is 10.4. The predicted molar refractivity (Wildman–Crippen MR) is 68.1 cm³/mol. The molecule has 1 N–H and O–H groups in total. The molecule has 0 aliphatic rings. The van der Waals surface area contributed by atoms with Crippen molar-refractivity contribution >= 4 is 5.69 Å². The molecule has 2 aromatic rings. The van der Waals surface area contributed by atoms with Crippen LogP contribution >= 0.6 is 0 Å². The maximum Gasteiger partial charge on any atom is 0.0952 e. The smallest absolute Gasteiger partial charge is 0.0952 e. The lowest BCUT2D eigenvalue weighted by molar-refractivity contribution is 0.202. The largest absolute Gasteiger partial charge is 0.472 e. The molecule has 0 atom stereocenters. The van der Waals surface area contributed by atoms with Crippen LogP contribution in [0.4, 0.5) is 5.69 Å². The minimum absolute atomic E-state index is 0.740. The molecule has 1 aromatic heterocycles. The van der Waals surface area contributed by atoms with Gasteiger partial charge in [-0.1, -0.05) is 18.2 Å². The number of hydrogen-bond acceptors (Lipinski definition) is 3. The van der Waals surface area contributed by atoms with Gasteiger partial charge in [-0.25, -0.2) is 0 Å². The number of methoxy groups -OCH3 is 1. The van der Waals surface area contributed by atoms with E-state index in [9.17, 15) is 0 Å². The van der Waals surface area contributed by atoms with Crippen LogP contribution in [0.1, 0.15) is 11.1 Å². The summed E-state index contributed by atoms with van der Waals surface area (Å²) >= 11 is 0. The first-order chi connectivity index (χ1) is 8.40. The number of ether oxygens (including phenoxy) is 1. The zero-order chi connectivity index (χ0) is 11.9. The fraction of sp³-hybridized carbons (Fsp3) is 0.286. The molecular formula is C14H17NO2. The Morgan fingerprint density at radius 2 is 2.12 bits per heavy atom. The van der Waals surface area contributed by atoms with Crippen molar-refractivity contribution < 1.29 is 9.15 Å². The van der Waals surface area contributed by atoms with Crippen LogP contribution in [0.3, 0.4) is 0 Å². The lowest BCUT2D eigenvalue weighted by Gasteiger charge is -2.10. The minimum atomic E-state index is 0.740. The molecule has 0 bridgehead atoms. The number of nitrogens with one attached hydrogen (secondary N) is 1. The fourth-order valence-corrected chi connectivity index (χ4v) is 1.71. The molecule has 90 valence electrons. The average molecular weight is 231 g/mol. The quantitative estimate of drug-likeness (QED) is 0.829. The van der Waals surface area contributed by atoms with Gasteiger partial charge in [0.05, 0.1) is 19.1 Å². The second-order valence-corrected chi connectivity index (χ2v) is 3.89. The molecule has 1 aromatic carbocycles. The maximum absolute atomic E-state index is 5.11. The van der Waals surface area contributed by atoms with Crippen molar-refractivity contribution in [3.8, 4) is 0 Å². The monoisotopic (exact) mass is 231 g/mol. The van der Waals surface area contributed by atoms with E-state index in [2.05, 4.69) is 17.4 Å². The van der Waals surface area contributed by atoms with Crippen LogP contribution in [0.2, 0.25) is 0 Å². The second-order valence-electron chi connectivity index (χ2n) is 3.89. The van der Waals surface area contributed by atoms with Crippen molar-refractivity contribution in [1.29, 1.82) is 0 Å². The Balaban J connectivity index is 1.99. The topological polar surface area (TPSA) is 34.4 Å². The van der Waals surface area contributed by atoms with Crippen molar-refractivity contribution in [2.75, 3.05) is 19.0 Å². The Morgan fingerprint density at radius 1 is 1.24 bits per heavy atom. The van der Waals surface area contributed by atoms with Crippen LogP contribution in [-0.4, -0.2) is 13.7 Å². The highest BCUT2D eigenvalue weighted by molar-refractivity contribution is 5.51. The third-order valence-corrected chi connectivity index (χ3v) is 2.66. The Bertz CT molecular complexity index is 437. The van der Waals surface area contributed by atoms with Gasteiger partial charge < -0.3 is 14.5 Å². The Kier molecular flexibility index (Phi) is 4.22. The summed E-state index contributed by atoms with van der Waals surface area (Å²) in [6.45, 7) is 1.52. The summed E-state index contributed by atoms with van der Waals surface area (Å²) in [7, 11) is 1.72. The molecule has 0 unspecified atom stereocenters. The van der Waals surface area contributed by atoms with Crippen molar-refractivity contribution in [2.24, 2.45) is 0 Å². The summed E-state index contributed by atoms with van der Waals surface area (Å²) in [6.07, 6.45) is 4.36. The predicted octanol–water partition coefficient (Wildman–Crippen LogP) is 3.08. The van der Waals surface area contributed by atoms with Gasteiger partial charge in [-0.3, -0.25) is 0 Å². The van der Waals surface area contributed by atoms with E-state index in [1.807, 2.05) is 18.2 Å². The zero-order valence-electron chi connectivity index (χ0n) is 9.98. The number of anilines is 1. The molecule has 0 fully saturated rings. The van der Waals surface area contributed by atoms with Gasteiger partial charge in [-0.15, -0.1) is 0 Å². The maximum atomic E-state index is 5.11. The van der Waals surface area contributed by atoms with Gasteiger partial charge in [-0.05, 0) is 24.1 Å². The van der Waals surface area contributed by atoms with Gasteiger partial charge in [0.2, 0.25) is 0 Å². The number of para-hydroxylation sites is 1. The third-order valence-electron chi connectivity index (χ3n) is 2.66. The van der Waals surface area contributed by atoms with Crippen LogP contribution in [-0.2, 0) is 17.7 Å². The molecule has 0 radical (unpaired) electrons. The summed E-state index contributed by atoms with van der Waals surface area (Å²) in [4.78, 5) is 0. The van der Waals surface area contributed by atoms with Gasteiger partial charge in [0.15, 0.2) is 0 Å². The van der Waals surface area contributed by atoms with Crippen molar-refractivity contribution in [2.45, 2.75) is 13.0 Å². The summed E-state index contributed by atoms with van der Waals surface area (Å²) in [5.74, 6) is 0. The zero-order valence-corrected chi connectivity index (χ0v) is 9.98.